The number of hydrogen-bond acceptors (Lipinski definition) is 5. The van der Waals surface area contributed by atoms with Crippen molar-refractivity contribution in [1.29, 1.82) is 0 Å². The predicted molar refractivity (Wildman–Crippen MR) is 173 cm³/mol. The van der Waals surface area contributed by atoms with Crippen molar-refractivity contribution in [3.05, 3.63) is 58.2 Å². The highest BCUT2D eigenvalue weighted by Gasteiger charge is 2.85. The lowest BCUT2D eigenvalue weighted by Gasteiger charge is -2.50. The summed E-state index contributed by atoms with van der Waals surface area (Å²) in [5.41, 5.74) is -5.70. The van der Waals surface area contributed by atoms with E-state index in [0.717, 1.165) is 11.1 Å². The Morgan fingerprint density at radius 3 is 2.04 bits per heavy atom. The molecule has 5 atom stereocenters. The van der Waals surface area contributed by atoms with Crippen LogP contribution in [-0.2, 0) is 22.4 Å². The van der Waals surface area contributed by atoms with Crippen molar-refractivity contribution in [2.24, 2.45) is 17.3 Å². The molecule has 0 heterocycles. The second-order valence-corrected chi connectivity index (χ2v) is 15.1. The Kier molecular flexibility index (Phi) is 12.5. The third kappa shape index (κ3) is 7.78. The van der Waals surface area contributed by atoms with Crippen LogP contribution in [0.25, 0.3) is 0 Å². The summed E-state index contributed by atoms with van der Waals surface area (Å²) in [6.45, 7) is 0.106. The second-order valence-electron chi connectivity index (χ2n) is 14.6. The van der Waals surface area contributed by atoms with Gasteiger partial charge in [-0.3, -0.25) is 0 Å². The van der Waals surface area contributed by atoms with Gasteiger partial charge in [-0.1, -0.05) is 13.0 Å². The summed E-state index contributed by atoms with van der Waals surface area (Å²) in [6, 6.07) is 4.81. The number of ether oxygens (including phenoxy) is 3. The van der Waals surface area contributed by atoms with Gasteiger partial charge in [0, 0.05) is 18.7 Å². The lowest BCUT2D eigenvalue weighted by atomic mass is 9.55. The highest BCUT2D eigenvalue weighted by molar-refractivity contribution is 7.80. The van der Waals surface area contributed by atoms with Gasteiger partial charge in [-0.2, -0.15) is 60.9 Å². The molecule has 304 valence electrons. The van der Waals surface area contributed by atoms with Gasteiger partial charge in [-0.15, -0.1) is 0 Å². The molecule has 0 spiro atoms. The monoisotopic (exact) mass is 813 g/mol. The smallest absolute Gasteiger partial charge is 0.435 e. The van der Waals surface area contributed by atoms with Gasteiger partial charge in [-0.05, 0) is 117 Å². The topological polar surface area (TPSA) is 30.9 Å². The van der Waals surface area contributed by atoms with E-state index in [2.05, 4.69) is 17.4 Å². The number of nitrogens with zero attached hydrogens (tertiary/aromatic N) is 1. The van der Waals surface area contributed by atoms with Gasteiger partial charge in [-0.25, -0.2) is 8.78 Å². The van der Waals surface area contributed by atoms with Crippen molar-refractivity contribution in [3.8, 4) is 11.5 Å². The molecule has 2 fully saturated rings. The highest BCUT2D eigenvalue weighted by atomic mass is 32.1. The Morgan fingerprint density at radius 2 is 1.44 bits per heavy atom. The van der Waals surface area contributed by atoms with Gasteiger partial charge in [0.2, 0.25) is 17.4 Å². The lowest BCUT2D eigenvalue weighted by Crippen LogP contribution is -2.67. The van der Waals surface area contributed by atoms with Crippen LogP contribution in [0.5, 0.6) is 11.5 Å². The molecular formula is C36H40F13NO3S. The van der Waals surface area contributed by atoms with Crippen molar-refractivity contribution >= 4 is 12.6 Å². The highest BCUT2D eigenvalue weighted by Crippen LogP contribution is 2.62. The average molecular weight is 814 g/mol. The predicted octanol–water partition coefficient (Wildman–Crippen LogP) is 10.9. The third-order valence-electron chi connectivity index (χ3n) is 11.4. The molecule has 2 aromatic rings. The molecule has 18 heteroatoms. The van der Waals surface area contributed by atoms with E-state index in [9.17, 15) is 48.3 Å². The zero-order valence-corrected chi connectivity index (χ0v) is 30.2. The standard InChI is InChI=1S/C36H40F13NO3S/c1-32-12-11-22-21-8-6-20(53-31-29(39)27(37)24(28(38)30(31)40)18-50(2)13-3-16-54)17-19(21)5-7-23(22)25(32)9-10-26(32)51-14-4-15-52-33(34(41,42)43,35(44,45)46)36(47,48)49/h6,8,17,22-23,25-26,54H,3-5,7,9-16,18H2,1-2H3. The van der Waals surface area contributed by atoms with E-state index < -0.39 is 89.9 Å². The minimum absolute atomic E-state index is 0.0145. The number of benzene rings is 2. The van der Waals surface area contributed by atoms with Crippen molar-refractivity contribution in [3.63, 3.8) is 0 Å². The van der Waals surface area contributed by atoms with Gasteiger partial charge < -0.3 is 19.1 Å². The van der Waals surface area contributed by atoms with Crippen LogP contribution < -0.4 is 4.74 Å². The Hall–Kier alpha value is -2.44. The van der Waals surface area contributed by atoms with Gasteiger partial charge in [0.25, 0.3) is 0 Å². The number of aryl methyl sites for hydroxylation is 1. The SMILES string of the molecule is CN(CCCS)Cc1c(F)c(F)c(Oc2ccc3c(c2)CCC2C3CCC3(C)C(OCCCOC(C(F)(F)F)(C(F)(F)F)C(F)(F)F)CCC23)c(F)c1F. The van der Waals surface area contributed by atoms with Crippen LogP contribution in [0.3, 0.4) is 0 Å². The number of halogens is 13. The van der Waals surface area contributed by atoms with Gasteiger partial charge in [0.05, 0.1) is 12.7 Å². The Bertz CT molecular complexity index is 1580. The molecule has 54 heavy (non-hydrogen) atoms. The molecule has 3 aliphatic rings. The molecule has 0 aliphatic heterocycles. The molecule has 5 rings (SSSR count). The maximum Gasteiger partial charge on any atom is 0.435 e. The van der Waals surface area contributed by atoms with Crippen molar-refractivity contribution in [2.75, 3.05) is 32.6 Å². The quantitative estimate of drug-likeness (QED) is 0.0945. The molecule has 0 bridgehead atoms. The number of rotatable bonds is 13. The normalized spacial score (nSPS) is 24.8. The van der Waals surface area contributed by atoms with Gasteiger partial charge in [0.15, 0.2) is 11.6 Å². The summed E-state index contributed by atoms with van der Waals surface area (Å²) < 4.78 is 193. The van der Waals surface area contributed by atoms with Crippen LogP contribution in [0.15, 0.2) is 18.2 Å². The summed E-state index contributed by atoms with van der Waals surface area (Å²) in [7, 11) is 1.55. The molecule has 4 nitrogen and oxygen atoms in total. The van der Waals surface area contributed by atoms with Gasteiger partial charge in [0.1, 0.15) is 5.75 Å². The minimum atomic E-state index is -6.80. The van der Waals surface area contributed by atoms with Crippen LogP contribution in [0.2, 0.25) is 0 Å². The van der Waals surface area contributed by atoms with E-state index >= 15 is 8.78 Å². The molecule has 3 aliphatic carbocycles. The zero-order chi connectivity index (χ0) is 40.0. The van der Waals surface area contributed by atoms with Crippen LogP contribution in [-0.4, -0.2) is 67.7 Å². The maximum absolute atomic E-state index is 15.1. The summed E-state index contributed by atoms with van der Waals surface area (Å²) in [6.07, 6.45) is -17.1. The van der Waals surface area contributed by atoms with E-state index in [1.54, 1.807) is 19.2 Å². The summed E-state index contributed by atoms with van der Waals surface area (Å²) >= 11 is 4.08. The molecule has 0 amide bonds. The van der Waals surface area contributed by atoms with Crippen molar-refractivity contribution < 1.29 is 71.3 Å². The molecule has 0 N–H and O–H groups in total. The first-order chi connectivity index (χ1) is 25.1. The maximum atomic E-state index is 15.1. The summed E-state index contributed by atoms with van der Waals surface area (Å²) in [5.74, 6) is -6.77. The second kappa shape index (κ2) is 15.8. The Balaban J connectivity index is 1.22. The molecular weight excluding hydrogens is 773 g/mol. The molecule has 0 aromatic heterocycles. The van der Waals surface area contributed by atoms with Crippen molar-refractivity contribution in [1.82, 2.24) is 4.90 Å². The van der Waals surface area contributed by atoms with E-state index in [1.165, 1.54) is 11.0 Å². The van der Waals surface area contributed by atoms with Crippen molar-refractivity contribution in [2.45, 2.75) is 101 Å². The first-order valence-corrected chi connectivity index (χ1v) is 18.1. The summed E-state index contributed by atoms with van der Waals surface area (Å²) in [4.78, 5) is 1.51. The Morgan fingerprint density at radius 1 is 0.815 bits per heavy atom. The lowest BCUT2D eigenvalue weighted by molar-refractivity contribution is -0.457. The van der Waals surface area contributed by atoms with Crippen LogP contribution in [0, 0.1) is 40.5 Å². The fourth-order valence-electron chi connectivity index (χ4n) is 8.78. The Labute approximate surface area is 309 Å². The van der Waals surface area contributed by atoms with Gasteiger partial charge >= 0.3 is 24.1 Å². The van der Waals surface area contributed by atoms with E-state index in [0.29, 0.717) is 57.2 Å². The number of thiol groups is 1. The number of alkyl halides is 9. The molecule has 0 radical (unpaired) electrons. The van der Waals surface area contributed by atoms with E-state index in [-0.39, 0.29) is 30.0 Å². The first-order valence-electron chi connectivity index (χ1n) is 17.5. The minimum Gasteiger partial charge on any atom is -0.451 e. The fraction of sp³-hybridized carbons (Fsp3) is 0.667. The zero-order valence-electron chi connectivity index (χ0n) is 29.3. The summed E-state index contributed by atoms with van der Waals surface area (Å²) in [5, 5.41) is 0. The van der Waals surface area contributed by atoms with E-state index in [4.69, 9.17) is 9.47 Å². The number of hydrogen-bond donors (Lipinski definition) is 1. The molecule has 5 unspecified atom stereocenters. The first kappa shape index (κ1) is 42.7. The largest absolute Gasteiger partial charge is 0.451 e. The van der Waals surface area contributed by atoms with Crippen LogP contribution in [0.4, 0.5) is 57.1 Å². The third-order valence-corrected chi connectivity index (χ3v) is 11.7. The molecule has 0 saturated heterocycles. The fourth-order valence-corrected chi connectivity index (χ4v) is 8.92. The number of fused-ring (bicyclic) bond motifs is 5. The van der Waals surface area contributed by atoms with Crippen LogP contribution in [0.1, 0.15) is 74.5 Å². The molecule has 2 aromatic carbocycles. The average Bonchev–Trinajstić information content (AvgIpc) is 3.42. The van der Waals surface area contributed by atoms with Crippen LogP contribution >= 0.6 is 12.6 Å². The molecule has 2 saturated carbocycles. The van der Waals surface area contributed by atoms with E-state index in [1.807, 2.05) is 6.92 Å².